The predicted molar refractivity (Wildman–Crippen MR) is 90.0 cm³/mol. The van der Waals surface area contributed by atoms with E-state index in [0.29, 0.717) is 37.6 Å². The molecule has 1 aliphatic heterocycles. The van der Waals surface area contributed by atoms with Gasteiger partial charge >= 0.3 is 0 Å². The van der Waals surface area contributed by atoms with Crippen molar-refractivity contribution in [1.29, 1.82) is 0 Å². The van der Waals surface area contributed by atoms with Crippen molar-refractivity contribution in [3.63, 3.8) is 0 Å². The molecule has 1 saturated heterocycles. The van der Waals surface area contributed by atoms with Crippen LogP contribution in [0.25, 0.3) is 0 Å². The molecule has 8 heteroatoms. The number of nitrogens with zero attached hydrogens (tertiary/aromatic N) is 2. The average Bonchev–Trinajstić information content (AvgIpc) is 2.55. The molecule has 1 aromatic rings. The van der Waals surface area contributed by atoms with Crippen LogP contribution >= 0.6 is 11.6 Å². The van der Waals surface area contributed by atoms with Crippen molar-refractivity contribution < 1.29 is 13.2 Å². The van der Waals surface area contributed by atoms with Crippen molar-refractivity contribution in [1.82, 2.24) is 14.5 Å². The lowest BCUT2D eigenvalue weighted by atomic mass is 10.2. The highest BCUT2D eigenvalue weighted by Gasteiger charge is 2.29. The van der Waals surface area contributed by atoms with Gasteiger partial charge in [-0.05, 0) is 44.3 Å². The monoisotopic (exact) mass is 359 g/mol. The fourth-order valence-corrected chi connectivity index (χ4v) is 4.06. The van der Waals surface area contributed by atoms with Crippen molar-refractivity contribution in [2.24, 2.45) is 0 Å². The van der Waals surface area contributed by atoms with Gasteiger partial charge in [0.15, 0.2) is 0 Å². The van der Waals surface area contributed by atoms with Gasteiger partial charge in [-0.15, -0.1) is 0 Å². The van der Waals surface area contributed by atoms with E-state index in [1.807, 2.05) is 7.05 Å². The minimum atomic E-state index is -3.52. The van der Waals surface area contributed by atoms with Crippen LogP contribution in [-0.4, -0.2) is 63.3 Å². The lowest BCUT2D eigenvalue weighted by Gasteiger charge is -2.34. The van der Waals surface area contributed by atoms with Gasteiger partial charge in [-0.3, -0.25) is 4.79 Å². The minimum Gasteiger partial charge on any atom is -0.340 e. The van der Waals surface area contributed by atoms with Crippen LogP contribution in [0.4, 0.5) is 0 Å². The third-order valence-corrected chi connectivity index (χ3v) is 6.03. The zero-order chi connectivity index (χ0) is 16.9. The highest BCUT2D eigenvalue weighted by atomic mass is 35.5. The smallest absolute Gasteiger partial charge is 0.243 e. The van der Waals surface area contributed by atoms with Gasteiger partial charge in [-0.2, -0.15) is 4.31 Å². The third kappa shape index (κ3) is 4.67. The second kappa shape index (κ2) is 8.10. The van der Waals surface area contributed by atoms with Crippen molar-refractivity contribution >= 4 is 27.5 Å². The molecule has 6 nitrogen and oxygen atoms in total. The van der Waals surface area contributed by atoms with Crippen LogP contribution in [0, 0.1) is 0 Å². The summed E-state index contributed by atoms with van der Waals surface area (Å²) in [6.45, 7) is 2.32. The molecule has 0 aliphatic carbocycles. The van der Waals surface area contributed by atoms with E-state index in [4.69, 9.17) is 11.6 Å². The minimum absolute atomic E-state index is 0.0868. The van der Waals surface area contributed by atoms with E-state index in [0.717, 1.165) is 13.0 Å². The summed E-state index contributed by atoms with van der Waals surface area (Å²) in [6, 6.07) is 6.14. The van der Waals surface area contributed by atoms with Crippen LogP contribution in [0.5, 0.6) is 0 Å². The Morgan fingerprint density at radius 1 is 1.17 bits per heavy atom. The summed E-state index contributed by atoms with van der Waals surface area (Å²) >= 11 is 5.80. The Hall–Kier alpha value is -1.15. The fourth-order valence-electron chi connectivity index (χ4n) is 2.51. The number of benzene rings is 1. The molecule has 0 spiro atoms. The van der Waals surface area contributed by atoms with E-state index < -0.39 is 10.0 Å². The first-order valence-electron chi connectivity index (χ1n) is 7.63. The van der Waals surface area contributed by atoms with Gasteiger partial charge in [0.1, 0.15) is 0 Å². The Kier molecular flexibility index (Phi) is 6.41. The van der Waals surface area contributed by atoms with Crippen molar-refractivity contribution in [3.05, 3.63) is 29.3 Å². The van der Waals surface area contributed by atoms with E-state index in [9.17, 15) is 13.2 Å². The first-order chi connectivity index (χ1) is 10.9. The van der Waals surface area contributed by atoms with E-state index in [1.165, 1.54) is 16.4 Å². The summed E-state index contributed by atoms with van der Waals surface area (Å²) in [6.07, 6.45) is 1.28. The fraction of sp³-hybridized carbons (Fsp3) is 0.533. The van der Waals surface area contributed by atoms with E-state index >= 15 is 0 Å². The summed E-state index contributed by atoms with van der Waals surface area (Å²) in [5.74, 6) is 0.0868. The Morgan fingerprint density at radius 3 is 2.35 bits per heavy atom. The maximum absolute atomic E-state index is 12.6. The molecule has 1 amide bonds. The molecule has 0 bridgehead atoms. The largest absolute Gasteiger partial charge is 0.340 e. The standard InChI is InChI=1S/C15H22ClN3O3S/c1-17-8-2-3-15(20)18-9-11-19(12-10-18)23(21,22)14-6-4-13(16)5-7-14/h4-7,17H,2-3,8-12H2,1H3. The lowest BCUT2D eigenvalue weighted by molar-refractivity contribution is -0.132. The molecule has 0 saturated carbocycles. The summed E-state index contributed by atoms with van der Waals surface area (Å²) in [5, 5.41) is 3.51. The van der Waals surface area contributed by atoms with Crippen molar-refractivity contribution in [3.8, 4) is 0 Å². The SMILES string of the molecule is CNCCCC(=O)N1CCN(S(=O)(=O)c2ccc(Cl)cc2)CC1. The van der Waals surface area contributed by atoms with Crippen LogP contribution < -0.4 is 5.32 Å². The molecule has 128 valence electrons. The first-order valence-corrected chi connectivity index (χ1v) is 9.45. The summed E-state index contributed by atoms with van der Waals surface area (Å²) in [5.41, 5.74) is 0. The number of sulfonamides is 1. The molecule has 1 heterocycles. The van der Waals surface area contributed by atoms with Crippen molar-refractivity contribution in [2.75, 3.05) is 39.8 Å². The highest BCUT2D eigenvalue weighted by Crippen LogP contribution is 2.20. The highest BCUT2D eigenvalue weighted by molar-refractivity contribution is 7.89. The van der Waals surface area contributed by atoms with Crippen LogP contribution in [-0.2, 0) is 14.8 Å². The van der Waals surface area contributed by atoms with Crippen LogP contribution in [0.15, 0.2) is 29.2 Å². The number of hydrogen-bond donors (Lipinski definition) is 1. The second-order valence-corrected chi connectivity index (χ2v) is 7.82. The number of carbonyl (C=O) groups is 1. The van der Waals surface area contributed by atoms with Crippen LogP contribution in [0.1, 0.15) is 12.8 Å². The second-order valence-electron chi connectivity index (χ2n) is 5.45. The molecule has 1 N–H and O–H groups in total. The number of piperazine rings is 1. The molecule has 23 heavy (non-hydrogen) atoms. The van der Waals surface area contributed by atoms with Gasteiger partial charge in [0.05, 0.1) is 4.90 Å². The number of carbonyl (C=O) groups excluding carboxylic acids is 1. The maximum atomic E-state index is 12.6. The van der Waals surface area contributed by atoms with Gasteiger partial charge in [-0.25, -0.2) is 8.42 Å². The molecule has 1 fully saturated rings. The van der Waals surface area contributed by atoms with E-state index in [-0.39, 0.29) is 10.8 Å². The quantitative estimate of drug-likeness (QED) is 0.774. The summed E-state index contributed by atoms with van der Waals surface area (Å²) in [7, 11) is -1.67. The lowest BCUT2D eigenvalue weighted by Crippen LogP contribution is -2.50. The number of hydrogen-bond acceptors (Lipinski definition) is 4. The molecule has 0 atom stereocenters. The maximum Gasteiger partial charge on any atom is 0.243 e. The van der Waals surface area contributed by atoms with Crippen molar-refractivity contribution in [2.45, 2.75) is 17.7 Å². The zero-order valence-corrected chi connectivity index (χ0v) is 14.7. The molecule has 1 aromatic carbocycles. The Bertz CT molecular complexity index is 626. The zero-order valence-electron chi connectivity index (χ0n) is 13.2. The first kappa shape index (κ1) is 18.2. The summed E-state index contributed by atoms with van der Waals surface area (Å²) < 4.78 is 26.5. The molecule has 2 rings (SSSR count). The Morgan fingerprint density at radius 2 is 1.78 bits per heavy atom. The van der Waals surface area contributed by atoms with Gasteiger partial charge in [0.25, 0.3) is 0 Å². The Labute approximate surface area is 142 Å². The molecule has 0 aromatic heterocycles. The van der Waals surface area contributed by atoms with E-state index in [2.05, 4.69) is 5.32 Å². The molecular formula is C15H22ClN3O3S. The van der Waals surface area contributed by atoms with Gasteiger partial charge in [-0.1, -0.05) is 11.6 Å². The number of halogens is 1. The number of amides is 1. The molecule has 0 radical (unpaired) electrons. The van der Waals surface area contributed by atoms with Gasteiger partial charge in [0.2, 0.25) is 15.9 Å². The average molecular weight is 360 g/mol. The summed E-state index contributed by atoms with van der Waals surface area (Å²) in [4.78, 5) is 14.0. The number of rotatable bonds is 6. The van der Waals surface area contributed by atoms with Crippen LogP contribution in [0.2, 0.25) is 5.02 Å². The van der Waals surface area contributed by atoms with Crippen LogP contribution in [0.3, 0.4) is 0 Å². The van der Waals surface area contributed by atoms with Gasteiger partial charge in [0, 0.05) is 37.6 Å². The van der Waals surface area contributed by atoms with Gasteiger partial charge < -0.3 is 10.2 Å². The molecular weight excluding hydrogens is 338 g/mol. The topological polar surface area (TPSA) is 69.7 Å². The van der Waals surface area contributed by atoms with E-state index in [1.54, 1.807) is 17.0 Å². The number of nitrogens with one attached hydrogen (secondary N) is 1. The molecule has 1 aliphatic rings. The predicted octanol–water partition coefficient (Wildman–Crippen LogP) is 1.17. The normalized spacial score (nSPS) is 16.5. The third-order valence-electron chi connectivity index (χ3n) is 3.86. The Balaban J connectivity index is 1.93. The molecule has 0 unspecified atom stereocenters.